The molecule has 2 heterocycles. The first-order chi connectivity index (χ1) is 11.1. The Balaban J connectivity index is 1.80. The minimum absolute atomic E-state index is 0.121. The van der Waals surface area contributed by atoms with E-state index in [1.165, 1.54) is 4.90 Å². The zero-order valence-electron chi connectivity index (χ0n) is 12.6. The van der Waals surface area contributed by atoms with Gasteiger partial charge in [-0.05, 0) is 18.2 Å². The van der Waals surface area contributed by atoms with Crippen molar-refractivity contribution in [1.29, 1.82) is 0 Å². The fourth-order valence-corrected chi connectivity index (χ4v) is 2.84. The van der Waals surface area contributed by atoms with Crippen molar-refractivity contribution < 1.29 is 14.3 Å². The average molecular weight is 334 g/mol. The van der Waals surface area contributed by atoms with Gasteiger partial charge in [0.1, 0.15) is 5.75 Å². The van der Waals surface area contributed by atoms with Gasteiger partial charge < -0.3 is 10.1 Å². The van der Waals surface area contributed by atoms with Crippen LogP contribution in [0.1, 0.15) is 12.8 Å². The molecule has 0 unspecified atom stereocenters. The van der Waals surface area contributed by atoms with Gasteiger partial charge in [0, 0.05) is 37.5 Å². The van der Waals surface area contributed by atoms with E-state index in [0.717, 1.165) is 16.6 Å². The van der Waals surface area contributed by atoms with E-state index in [-0.39, 0.29) is 11.8 Å². The van der Waals surface area contributed by atoms with Crippen LogP contribution in [0.3, 0.4) is 0 Å². The summed E-state index contributed by atoms with van der Waals surface area (Å²) < 4.78 is 5.23. The molecule has 1 aliphatic heterocycles. The Morgan fingerprint density at radius 2 is 2.04 bits per heavy atom. The maximum atomic E-state index is 11.6. The average Bonchev–Trinajstić information content (AvgIpc) is 2.88. The molecule has 1 fully saturated rings. The van der Waals surface area contributed by atoms with Gasteiger partial charge in [-0.1, -0.05) is 11.6 Å². The highest BCUT2D eigenvalue weighted by Crippen LogP contribution is 2.31. The number of anilines is 1. The molecule has 6 nitrogen and oxygen atoms in total. The van der Waals surface area contributed by atoms with Gasteiger partial charge >= 0.3 is 0 Å². The number of ether oxygens (including phenoxy) is 1. The van der Waals surface area contributed by atoms with Crippen LogP contribution in [0.25, 0.3) is 10.9 Å². The van der Waals surface area contributed by atoms with E-state index in [1.54, 1.807) is 13.3 Å². The third-order valence-corrected chi connectivity index (χ3v) is 4.11. The molecule has 1 saturated heterocycles. The number of halogens is 1. The number of amides is 2. The molecule has 23 heavy (non-hydrogen) atoms. The SMILES string of the molecule is COc1ccc2ncc(Cl)c(NCCN3C(=O)CCC3=O)c2c1. The molecule has 0 atom stereocenters. The molecule has 1 aromatic heterocycles. The molecule has 2 amide bonds. The number of pyridine rings is 1. The van der Waals surface area contributed by atoms with Gasteiger partial charge in [0.25, 0.3) is 0 Å². The lowest BCUT2D eigenvalue weighted by atomic mass is 10.1. The van der Waals surface area contributed by atoms with Crippen molar-refractivity contribution in [2.24, 2.45) is 0 Å². The monoisotopic (exact) mass is 333 g/mol. The van der Waals surface area contributed by atoms with E-state index >= 15 is 0 Å². The van der Waals surface area contributed by atoms with Crippen LogP contribution in [0.4, 0.5) is 5.69 Å². The highest BCUT2D eigenvalue weighted by molar-refractivity contribution is 6.34. The summed E-state index contributed by atoms with van der Waals surface area (Å²) in [6, 6.07) is 5.53. The van der Waals surface area contributed by atoms with Gasteiger partial charge in [-0.2, -0.15) is 0 Å². The number of methoxy groups -OCH3 is 1. The largest absolute Gasteiger partial charge is 0.497 e. The van der Waals surface area contributed by atoms with Crippen molar-refractivity contribution in [2.45, 2.75) is 12.8 Å². The molecule has 0 radical (unpaired) electrons. The molecule has 0 bridgehead atoms. The first kappa shape index (κ1) is 15.6. The first-order valence-electron chi connectivity index (χ1n) is 7.29. The quantitative estimate of drug-likeness (QED) is 0.851. The molecule has 2 aromatic rings. The number of nitrogens with one attached hydrogen (secondary N) is 1. The minimum Gasteiger partial charge on any atom is -0.497 e. The van der Waals surface area contributed by atoms with Crippen molar-refractivity contribution in [2.75, 3.05) is 25.5 Å². The lowest BCUT2D eigenvalue weighted by molar-refractivity contribution is -0.138. The Morgan fingerprint density at radius 3 is 2.74 bits per heavy atom. The maximum Gasteiger partial charge on any atom is 0.229 e. The van der Waals surface area contributed by atoms with Crippen LogP contribution in [-0.4, -0.2) is 41.9 Å². The number of hydrogen-bond donors (Lipinski definition) is 1. The molecule has 0 spiro atoms. The number of likely N-dealkylation sites (tertiary alicyclic amines) is 1. The van der Waals surface area contributed by atoms with Gasteiger partial charge in [0.15, 0.2) is 0 Å². The lowest BCUT2D eigenvalue weighted by Crippen LogP contribution is -2.33. The molecule has 120 valence electrons. The van der Waals surface area contributed by atoms with Crippen molar-refractivity contribution in [3.05, 3.63) is 29.4 Å². The minimum atomic E-state index is -0.121. The second-order valence-corrected chi connectivity index (χ2v) is 5.64. The summed E-state index contributed by atoms with van der Waals surface area (Å²) in [5, 5.41) is 4.51. The topological polar surface area (TPSA) is 71.5 Å². The highest BCUT2D eigenvalue weighted by Gasteiger charge is 2.28. The number of rotatable bonds is 5. The van der Waals surface area contributed by atoms with Gasteiger partial charge in [-0.15, -0.1) is 0 Å². The maximum absolute atomic E-state index is 11.6. The first-order valence-corrected chi connectivity index (χ1v) is 7.67. The molecule has 1 aromatic carbocycles. The predicted molar refractivity (Wildman–Crippen MR) is 87.7 cm³/mol. The van der Waals surface area contributed by atoms with E-state index in [0.29, 0.717) is 36.7 Å². The third-order valence-electron chi connectivity index (χ3n) is 3.82. The fraction of sp³-hybridized carbons (Fsp3) is 0.312. The number of carbonyl (C=O) groups is 2. The number of nitrogens with zero attached hydrogens (tertiary/aromatic N) is 2. The van der Waals surface area contributed by atoms with E-state index < -0.39 is 0 Å². The van der Waals surface area contributed by atoms with Gasteiger partial charge in [0.2, 0.25) is 11.8 Å². The van der Waals surface area contributed by atoms with Crippen LogP contribution in [0.2, 0.25) is 5.02 Å². The van der Waals surface area contributed by atoms with Crippen LogP contribution in [0.5, 0.6) is 5.75 Å². The van der Waals surface area contributed by atoms with Crippen LogP contribution in [0, 0.1) is 0 Å². The molecular formula is C16H16ClN3O3. The summed E-state index contributed by atoms with van der Waals surface area (Å²) >= 11 is 6.24. The van der Waals surface area contributed by atoms with Crippen molar-refractivity contribution in [3.63, 3.8) is 0 Å². The molecular weight excluding hydrogens is 318 g/mol. The number of hydrogen-bond acceptors (Lipinski definition) is 5. The second kappa shape index (κ2) is 6.42. The van der Waals surface area contributed by atoms with E-state index in [1.807, 2.05) is 18.2 Å². The third kappa shape index (κ3) is 3.07. The Labute approximate surface area is 138 Å². The summed E-state index contributed by atoms with van der Waals surface area (Å²) in [5.74, 6) is 0.461. The summed E-state index contributed by atoms with van der Waals surface area (Å²) in [6.45, 7) is 0.745. The molecule has 0 saturated carbocycles. The number of imide groups is 1. The Bertz CT molecular complexity index is 762. The van der Waals surface area contributed by atoms with Gasteiger partial charge in [-0.25, -0.2) is 0 Å². The Kier molecular flexibility index (Phi) is 4.34. The van der Waals surface area contributed by atoms with Crippen LogP contribution >= 0.6 is 11.6 Å². The zero-order valence-corrected chi connectivity index (χ0v) is 13.4. The van der Waals surface area contributed by atoms with Gasteiger partial charge in [-0.3, -0.25) is 19.5 Å². The fourth-order valence-electron chi connectivity index (χ4n) is 2.62. The second-order valence-electron chi connectivity index (χ2n) is 5.23. The number of aromatic nitrogens is 1. The normalized spacial score (nSPS) is 14.6. The lowest BCUT2D eigenvalue weighted by Gasteiger charge is -2.16. The summed E-state index contributed by atoms with van der Waals surface area (Å²) in [7, 11) is 1.59. The summed E-state index contributed by atoms with van der Waals surface area (Å²) in [5.41, 5.74) is 1.50. The summed E-state index contributed by atoms with van der Waals surface area (Å²) in [4.78, 5) is 28.8. The summed E-state index contributed by atoms with van der Waals surface area (Å²) in [6.07, 6.45) is 2.18. The van der Waals surface area contributed by atoms with E-state index in [2.05, 4.69) is 10.3 Å². The molecule has 0 aliphatic carbocycles. The van der Waals surface area contributed by atoms with Crippen molar-refractivity contribution in [1.82, 2.24) is 9.88 Å². The standard InChI is InChI=1S/C16H16ClN3O3/c1-23-10-2-3-13-11(8-10)16(12(17)9-19-13)18-6-7-20-14(21)4-5-15(20)22/h2-3,8-9H,4-7H2,1H3,(H,18,19). The molecule has 1 aliphatic rings. The Hall–Kier alpha value is -2.34. The zero-order chi connectivity index (χ0) is 16.4. The number of benzene rings is 1. The molecule has 3 rings (SSSR count). The van der Waals surface area contributed by atoms with Crippen LogP contribution in [-0.2, 0) is 9.59 Å². The van der Waals surface area contributed by atoms with E-state index in [9.17, 15) is 9.59 Å². The van der Waals surface area contributed by atoms with E-state index in [4.69, 9.17) is 16.3 Å². The highest BCUT2D eigenvalue weighted by atomic mass is 35.5. The Morgan fingerprint density at radius 1 is 1.30 bits per heavy atom. The molecule has 1 N–H and O–H groups in total. The van der Waals surface area contributed by atoms with Crippen LogP contribution < -0.4 is 10.1 Å². The van der Waals surface area contributed by atoms with Crippen molar-refractivity contribution in [3.8, 4) is 5.75 Å². The number of fused-ring (bicyclic) bond motifs is 1. The van der Waals surface area contributed by atoms with Crippen molar-refractivity contribution >= 4 is 40.0 Å². The van der Waals surface area contributed by atoms with Gasteiger partial charge in [0.05, 0.1) is 23.3 Å². The predicted octanol–water partition coefficient (Wildman–Crippen LogP) is 2.46. The molecule has 7 heteroatoms. The smallest absolute Gasteiger partial charge is 0.229 e. The number of carbonyl (C=O) groups excluding carboxylic acids is 2. The van der Waals surface area contributed by atoms with Crippen LogP contribution in [0.15, 0.2) is 24.4 Å².